The molecule has 5 heteroatoms. The predicted octanol–water partition coefficient (Wildman–Crippen LogP) is 2.84. The van der Waals surface area contributed by atoms with E-state index in [4.69, 9.17) is 5.73 Å². The van der Waals surface area contributed by atoms with Gasteiger partial charge in [-0.3, -0.25) is 4.79 Å². The maximum Gasteiger partial charge on any atom is 0.226 e. The van der Waals surface area contributed by atoms with Gasteiger partial charge in [0.2, 0.25) is 5.91 Å². The molecule has 0 saturated heterocycles. The van der Waals surface area contributed by atoms with Gasteiger partial charge in [0.15, 0.2) is 11.6 Å². The number of hydrogen-bond donors (Lipinski definition) is 1. The van der Waals surface area contributed by atoms with Gasteiger partial charge in [-0.25, -0.2) is 8.78 Å². The number of nitrogens with two attached hydrogens (primary N) is 1. The monoisotopic (exact) mass is 270 g/mol. The summed E-state index contributed by atoms with van der Waals surface area (Å²) in [4.78, 5) is 13.2. The number of amides is 1. The fourth-order valence-corrected chi connectivity index (χ4v) is 1.78. The molecule has 0 atom stereocenters. The summed E-state index contributed by atoms with van der Waals surface area (Å²) in [5, 5.41) is 0. The molecule has 0 fully saturated rings. The molecule has 19 heavy (non-hydrogen) atoms. The van der Waals surface area contributed by atoms with Crippen molar-refractivity contribution in [2.24, 2.45) is 5.73 Å². The van der Waals surface area contributed by atoms with Crippen molar-refractivity contribution in [1.82, 2.24) is 0 Å². The minimum atomic E-state index is -0.944. The van der Waals surface area contributed by atoms with Gasteiger partial charge in [0.25, 0.3) is 0 Å². The van der Waals surface area contributed by atoms with E-state index >= 15 is 0 Å². The summed E-state index contributed by atoms with van der Waals surface area (Å²) in [6, 6.07) is 3.45. The number of unbranched alkanes of at least 4 members (excludes halogenated alkanes) is 3. The lowest BCUT2D eigenvalue weighted by molar-refractivity contribution is -0.118. The van der Waals surface area contributed by atoms with E-state index in [1.165, 1.54) is 11.0 Å². The molecule has 0 aliphatic heterocycles. The van der Waals surface area contributed by atoms with Crippen molar-refractivity contribution in [3.05, 3.63) is 29.8 Å². The number of halogens is 2. The van der Waals surface area contributed by atoms with Gasteiger partial charge in [0, 0.05) is 25.2 Å². The van der Waals surface area contributed by atoms with Crippen molar-refractivity contribution < 1.29 is 13.6 Å². The number of hydrogen-bond acceptors (Lipinski definition) is 2. The third-order valence-electron chi connectivity index (χ3n) is 3.01. The second kappa shape index (κ2) is 7.84. The Balaban J connectivity index is 2.45. The first-order valence-electron chi connectivity index (χ1n) is 6.48. The van der Waals surface area contributed by atoms with Crippen LogP contribution in [0.1, 0.15) is 32.1 Å². The number of anilines is 1. The van der Waals surface area contributed by atoms with Gasteiger partial charge in [-0.2, -0.15) is 0 Å². The quantitative estimate of drug-likeness (QED) is 0.774. The summed E-state index contributed by atoms with van der Waals surface area (Å²) < 4.78 is 25.9. The minimum Gasteiger partial charge on any atom is -0.330 e. The van der Waals surface area contributed by atoms with Gasteiger partial charge < -0.3 is 10.6 Å². The number of benzene rings is 1. The van der Waals surface area contributed by atoms with Crippen molar-refractivity contribution in [1.29, 1.82) is 0 Å². The third-order valence-corrected chi connectivity index (χ3v) is 3.01. The molecule has 0 heterocycles. The van der Waals surface area contributed by atoms with Crippen LogP contribution in [0, 0.1) is 11.6 Å². The zero-order valence-electron chi connectivity index (χ0n) is 11.2. The molecule has 0 unspecified atom stereocenters. The van der Waals surface area contributed by atoms with Crippen LogP contribution < -0.4 is 10.6 Å². The molecule has 0 aromatic heterocycles. The van der Waals surface area contributed by atoms with Crippen LogP contribution in [0.5, 0.6) is 0 Å². The number of rotatable bonds is 7. The molecule has 0 aliphatic carbocycles. The molecule has 1 rings (SSSR count). The van der Waals surface area contributed by atoms with Gasteiger partial charge in [-0.05, 0) is 31.5 Å². The van der Waals surface area contributed by atoms with Crippen LogP contribution in [-0.4, -0.2) is 19.5 Å². The zero-order valence-corrected chi connectivity index (χ0v) is 11.2. The average molecular weight is 270 g/mol. The summed E-state index contributed by atoms with van der Waals surface area (Å²) in [7, 11) is 1.56. The van der Waals surface area contributed by atoms with Crippen molar-refractivity contribution in [2.45, 2.75) is 32.1 Å². The van der Waals surface area contributed by atoms with E-state index in [1.54, 1.807) is 7.05 Å². The highest BCUT2D eigenvalue weighted by molar-refractivity contribution is 5.92. The largest absolute Gasteiger partial charge is 0.330 e. The Morgan fingerprint density at radius 3 is 2.47 bits per heavy atom. The first-order valence-corrected chi connectivity index (χ1v) is 6.48. The summed E-state index contributed by atoms with van der Waals surface area (Å²) in [5.41, 5.74) is 5.75. The Labute approximate surface area is 112 Å². The number of nitrogens with zero attached hydrogens (tertiary/aromatic N) is 1. The second-order valence-electron chi connectivity index (χ2n) is 4.50. The molecule has 0 aliphatic rings. The average Bonchev–Trinajstić information content (AvgIpc) is 2.40. The van der Waals surface area contributed by atoms with E-state index < -0.39 is 11.6 Å². The maximum atomic E-state index is 13.1. The van der Waals surface area contributed by atoms with E-state index in [2.05, 4.69) is 0 Å². The molecular formula is C14H20F2N2O. The van der Waals surface area contributed by atoms with Crippen molar-refractivity contribution in [3.8, 4) is 0 Å². The fraction of sp³-hybridized carbons (Fsp3) is 0.500. The molecule has 2 N–H and O–H groups in total. The summed E-state index contributed by atoms with van der Waals surface area (Å²) in [6.45, 7) is 0.669. The Hall–Kier alpha value is -1.49. The number of carbonyl (C=O) groups excluding carboxylic acids is 1. The Morgan fingerprint density at radius 1 is 1.16 bits per heavy atom. The highest BCUT2D eigenvalue weighted by Crippen LogP contribution is 2.18. The van der Waals surface area contributed by atoms with Crippen LogP contribution in [0.15, 0.2) is 18.2 Å². The Kier molecular flexibility index (Phi) is 6.42. The van der Waals surface area contributed by atoms with E-state index in [1.807, 2.05) is 0 Å². The highest BCUT2D eigenvalue weighted by Gasteiger charge is 2.12. The maximum absolute atomic E-state index is 13.1. The van der Waals surface area contributed by atoms with Crippen molar-refractivity contribution in [3.63, 3.8) is 0 Å². The first kappa shape index (κ1) is 15.6. The van der Waals surface area contributed by atoms with Gasteiger partial charge in [0.1, 0.15) is 0 Å². The van der Waals surface area contributed by atoms with Crippen LogP contribution in [0.25, 0.3) is 0 Å². The molecule has 0 bridgehead atoms. The normalized spacial score (nSPS) is 10.5. The van der Waals surface area contributed by atoms with Gasteiger partial charge >= 0.3 is 0 Å². The summed E-state index contributed by atoms with van der Waals surface area (Å²) in [5.74, 6) is -1.95. The predicted molar refractivity (Wildman–Crippen MR) is 71.9 cm³/mol. The molecule has 1 aromatic rings. The van der Waals surface area contributed by atoms with E-state index in [9.17, 15) is 13.6 Å². The summed E-state index contributed by atoms with van der Waals surface area (Å²) in [6.07, 6.45) is 4.12. The van der Waals surface area contributed by atoms with E-state index in [0.717, 1.165) is 37.8 Å². The van der Waals surface area contributed by atoms with Crippen LogP contribution in [0.3, 0.4) is 0 Å². The summed E-state index contributed by atoms with van der Waals surface area (Å²) >= 11 is 0. The fourth-order valence-electron chi connectivity index (χ4n) is 1.78. The minimum absolute atomic E-state index is 0.0984. The molecule has 0 radical (unpaired) electrons. The molecule has 0 saturated carbocycles. The van der Waals surface area contributed by atoms with Gasteiger partial charge in [0.05, 0.1) is 0 Å². The Morgan fingerprint density at radius 2 is 1.84 bits per heavy atom. The smallest absolute Gasteiger partial charge is 0.226 e. The van der Waals surface area contributed by atoms with Crippen molar-refractivity contribution in [2.75, 3.05) is 18.5 Å². The molecule has 3 nitrogen and oxygen atoms in total. The number of carbonyl (C=O) groups is 1. The molecule has 1 aromatic carbocycles. The zero-order chi connectivity index (χ0) is 14.3. The Bertz CT molecular complexity index is 424. The van der Waals surface area contributed by atoms with Gasteiger partial charge in [-0.15, -0.1) is 0 Å². The van der Waals surface area contributed by atoms with Crippen LogP contribution in [-0.2, 0) is 4.79 Å². The standard InChI is InChI=1S/C14H20F2N2O/c1-18(11-7-8-12(15)13(16)10-11)14(19)6-4-2-3-5-9-17/h7-8,10H,2-6,9,17H2,1H3. The lowest BCUT2D eigenvalue weighted by Crippen LogP contribution is -2.26. The topological polar surface area (TPSA) is 46.3 Å². The second-order valence-corrected chi connectivity index (χ2v) is 4.50. The van der Waals surface area contributed by atoms with Crippen LogP contribution in [0.4, 0.5) is 14.5 Å². The lowest BCUT2D eigenvalue weighted by atomic mass is 10.1. The van der Waals surface area contributed by atoms with E-state index in [-0.39, 0.29) is 5.91 Å². The first-order chi connectivity index (χ1) is 9.06. The molecule has 0 spiro atoms. The van der Waals surface area contributed by atoms with Crippen molar-refractivity contribution >= 4 is 11.6 Å². The lowest BCUT2D eigenvalue weighted by Gasteiger charge is -2.17. The molecule has 106 valence electrons. The van der Waals surface area contributed by atoms with E-state index in [0.29, 0.717) is 18.7 Å². The van der Waals surface area contributed by atoms with Gasteiger partial charge in [-0.1, -0.05) is 12.8 Å². The third kappa shape index (κ3) is 4.95. The highest BCUT2D eigenvalue weighted by atomic mass is 19.2. The molecular weight excluding hydrogens is 250 g/mol. The van der Waals surface area contributed by atoms with Crippen LogP contribution >= 0.6 is 0 Å². The van der Waals surface area contributed by atoms with Crippen LogP contribution in [0.2, 0.25) is 0 Å². The SMILES string of the molecule is CN(C(=O)CCCCCCN)c1ccc(F)c(F)c1. The molecule has 1 amide bonds.